The van der Waals surface area contributed by atoms with Crippen LogP contribution in [-0.4, -0.2) is 15.0 Å². The van der Waals surface area contributed by atoms with E-state index in [1.807, 2.05) is 40.9 Å². The van der Waals surface area contributed by atoms with E-state index < -0.39 is 0 Å². The second-order valence-corrected chi connectivity index (χ2v) is 14.9. The van der Waals surface area contributed by atoms with Crippen LogP contribution in [0, 0.1) is 0 Å². The van der Waals surface area contributed by atoms with Gasteiger partial charge in [-0.25, -0.2) is 15.0 Å². The van der Waals surface area contributed by atoms with Gasteiger partial charge in [-0.3, -0.25) is 0 Å². The van der Waals surface area contributed by atoms with E-state index in [-0.39, 0.29) is 0 Å². The fourth-order valence-corrected chi connectivity index (χ4v) is 9.98. The zero-order valence-electron chi connectivity index (χ0n) is 26.6. The van der Waals surface area contributed by atoms with Crippen molar-refractivity contribution in [1.29, 1.82) is 0 Å². The summed E-state index contributed by atoms with van der Waals surface area (Å²) in [7, 11) is 0. The Balaban J connectivity index is 1.27. The van der Waals surface area contributed by atoms with E-state index in [4.69, 9.17) is 15.0 Å². The molecule has 0 aliphatic rings. The smallest absolute Gasteiger partial charge is 0.164 e. The van der Waals surface area contributed by atoms with Crippen LogP contribution >= 0.6 is 22.7 Å². The highest BCUT2D eigenvalue weighted by Gasteiger charge is 2.21. The molecule has 11 rings (SSSR count). The van der Waals surface area contributed by atoms with Gasteiger partial charge in [-0.05, 0) is 63.3 Å². The molecule has 3 nitrogen and oxygen atoms in total. The molecule has 8 aromatic carbocycles. The van der Waals surface area contributed by atoms with Crippen molar-refractivity contribution in [2.75, 3.05) is 0 Å². The summed E-state index contributed by atoms with van der Waals surface area (Å²) in [6.45, 7) is 0. The Morgan fingerprint density at radius 2 is 0.940 bits per heavy atom. The van der Waals surface area contributed by atoms with E-state index >= 15 is 0 Å². The molecule has 0 saturated carbocycles. The molecule has 232 valence electrons. The van der Waals surface area contributed by atoms with E-state index in [1.54, 1.807) is 0 Å². The second-order valence-electron chi connectivity index (χ2n) is 12.8. The molecule has 0 aliphatic heterocycles. The van der Waals surface area contributed by atoms with Crippen molar-refractivity contribution in [3.05, 3.63) is 152 Å². The molecule has 11 aromatic rings. The van der Waals surface area contributed by atoms with Crippen molar-refractivity contribution in [3.63, 3.8) is 0 Å². The van der Waals surface area contributed by atoms with E-state index in [2.05, 4.69) is 133 Å². The lowest BCUT2D eigenvalue weighted by molar-refractivity contribution is 1.08. The van der Waals surface area contributed by atoms with Crippen LogP contribution in [0.3, 0.4) is 0 Å². The molecule has 0 saturated heterocycles. The molecule has 0 atom stereocenters. The summed E-state index contributed by atoms with van der Waals surface area (Å²) in [6, 6.07) is 54.2. The minimum absolute atomic E-state index is 0.664. The maximum absolute atomic E-state index is 5.34. The Morgan fingerprint density at radius 1 is 0.340 bits per heavy atom. The van der Waals surface area contributed by atoms with Crippen LogP contribution in [0.15, 0.2) is 152 Å². The lowest BCUT2D eigenvalue weighted by atomic mass is 9.94. The zero-order valence-corrected chi connectivity index (χ0v) is 28.2. The standard InChI is InChI=1S/C45H25N3S2/c1-2-12-28(13-3-1)43-46-44(30-21-22-37-34(25-30)33-16-8-9-17-36(33)49-37)48-45(47-43)35-24-29-19-18-26-10-4-6-14-31(26)39(29)42-41(35)40-32-15-7-5-11-27(32)20-23-38(40)50-42/h1-25H. The summed E-state index contributed by atoms with van der Waals surface area (Å²) in [5.41, 5.74) is 2.96. The molecule has 0 unspecified atom stereocenters. The zero-order chi connectivity index (χ0) is 32.8. The van der Waals surface area contributed by atoms with Gasteiger partial charge in [0, 0.05) is 62.4 Å². The van der Waals surface area contributed by atoms with E-state index in [1.165, 1.54) is 72.7 Å². The van der Waals surface area contributed by atoms with Gasteiger partial charge in [-0.2, -0.15) is 0 Å². The topological polar surface area (TPSA) is 38.7 Å². The van der Waals surface area contributed by atoms with Gasteiger partial charge in [0.25, 0.3) is 0 Å². The van der Waals surface area contributed by atoms with Crippen molar-refractivity contribution >= 4 is 95.3 Å². The van der Waals surface area contributed by atoms with Crippen LogP contribution in [0.1, 0.15) is 0 Å². The molecule has 0 spiro atoms. The van der Waals surface area contributed by atoms with Gasteiger partial charge in [-0.15, -0.1) is 22.7 Å². The Hall–Kier alpha value is -6.01. The minimum atomic E-state index is 0.664. The molecule has 0 bridgehead atoms. The fourth-order valence-electron chi connectivity index (χ4n) is 7.58. The lowest BCUT2D eigenvalue weighted by Crippen LogP contribution is -2.00. The molecule has 0 aliphatic carbocycles. The van der Waals surface area contributed by atoms with Crippen molar-refractivity contribution in [3.8, 4) is 34.2 Å². The Kier molecular flexibility index (Phi) is 5.99. The van der Waals surface area contributed by atoms with E-state index in [0.717, 1.165) is 16.7 Å². The van der Waals surface area contributed by atoms with Crippen LogP contribution in [0.2, 0.25) is 0 Å². The van der Waals surface area contributed by atoms with Gasteiger partial charge in [0.15, 0.2) is 17.5 Å². The second kappa shape index (κ2) is 10.7. The molecular formula is C45H25N3S2. The first-order valence-corrected chi connectivity index (χ1v) is 18.3. The average Bonchev–Trinajstić information content (AvgIpc) is 3.76. The highest BCUT2D eigenvalue weighted by atomic mass is 32.1. The number of thiophene rings is 2. The first kappa shape index (κ1) is 27.9. The highest BCUT2D eigenvalue weighted by Crippen LogP contribution is 2.48. The summed E-state index contributed by atoms with van der Waals surface area (Å²) in [5.74, 6) is 2.01. The maximum atomic E-state index is 5.34. The third-order valence-corrected chi connectivity index (χ3v) is 12.2. The number of hydrogen-bond acceptors (Lipinski definition) is 5. The maximum Gasteiger partial charge on any atom is 0.164 e. The van der Waals surface area contributed by atoms with Crippen molar-refractivity contribution < 1.29 is 0 Å². The monoisotopic (exact) mass is 671 g/mol. The summed E-state index contributed by atoms with van der Waals surface area (Å²) in [6.07, 6.45) is 0. The first-order valence-electron chi connectivity index (χ1n) is 16.7. The number of hydrogen-bond donors (Lipinski definition) is 0. The van der Waals surface area contributed by atoms with Crippen LogP contribution in [-0.2, 0) is 0 Å². The molecule has 50 heavy (non-hydrogen) atoms. The molecule has 0 fully saturated rings. The Bertz CT molecular complexity index is 3160. The van der Waals surface area contributed by atoms with Crippen LogP contribution in [0.5, 0.6) is 0 Å². The average molecular weight is 672 g/mol. The Morgan fingerprint density at radius 3 is 1.76 bits per heavy atom. The van der Waals surface area contributed by atoms with Crippen molar-refractivity contribution in [2.45, 2.75) is 0 Å². The predicted octanol–water partition coefficient (Wildman–Crippen LogP) is 13.1. The van der Waals surface area contributed by atoms with E-state index in [0.29, 0.717) is 17.5 Å². The molecule has 0 radical (unpaired) electrons. The largest absolute Gasteiger partial charge is 0.208 e. The van der Waals surface area contributed by atoms with E-state index in [9.17, 15) is 0 Å². The van der Waals surface area contributed by atoms with Gasteiger partial charge >= 0.3 is 0 Å². The number of aromatic nitrogens is 3. The lowest BCUT2D eigenvalue weighted by Gasteiger charge is -2.13. The molecule has 3 heterocycles. The number of rotatable bonds is 3. The van der Waals surface area contributed by atoms with Crippen LogP contribution in [0.4, 0.5) is 0 Å². The van der Waals surface area contributed by atoms with Crippen molar-refractivity contribution in [1.82, 2.24) is 15.0 Å². The van der Waals surface area contributed by atoms with Crippen LogP contribution in [0.25, 0.3) is 107 Å². The summed E-state index contributed by atoms with van der Waals surface area (Å²) >= 11 is 3.68. The number of nitrogens with zero attached hydrogens (tertiary/aromatic N) is 3. The summed E-state index contributed by atoms with van der Waals surface area (Å²) in [4.78, 5) is 15.8. The molecule has 0 N–H and O–H groups in total. The Labute approximate surface area is 294 Å². The third kappa shape index (κ3) is 4.18. The SMILES string of the molecule is c1ccc(-c2nc(-c3ccc4sc5ccccc5c4c3)nc(-c3cc4ccc5ccccc5c4c4sc5ccc6ccccc6c5c34)n2)cc1. The normalized spacial score (nSPS) is 12.0. The van der Waals surface area contributed by atoms with Gasteiger partial charge < -0.3 is 0 Å². The predicted molar refractivity (Wildman–Crippen MR) is 214 cm³/mol. The molecule has 5 heteroatoms. The van der Waals surface area contributed by atoms with Gasteiger partial charge in [0.2, 0.25) is 0 Å². The summed E-state index contributed by atoms with van der Waals surface area (Å²) in [5, 5.41) is 12.3. The number of fused-ring (bicyclic) bond motifs is 12. The summed E-state index contributed by atoms with van der Waals surface area (Å²) < 4.78 is 5.05. The molecule has 3 aromatic heterocycles. The third-order valence-electron chi connectivity index (χ3n) is 9.88. The van der Waals surface area contributed by atoms with Gasteiger partial charge in [0.05, 0.1) is 0 Å². The quantitative estimate of drug-likeness (QED) is 0.176. The number of benzene rings is 8. The molecular weight excluding hydrogens is 647 g/mol. The minimum Gasteiger partial charge on any atom is -0.208 e. The van der Waals surface area contributed by atoms with Crippen molar-refractivity contribution in [2.24, 2.45) is 0 Å². The molecule has 0 amide bonds. The fraction of sp³-hybridized carbons (Fsp3) is 0. The van der Waals surface area contributed by atoms with Gasteiger partial charge in [-0.1, -0.05) is 115 Å². The van der Waals surface area contributed by atoms with Crippen LogP contribution < -0.4 is 0 Å². The highest BCUT2D eigenvalue weighted by molar-refractivity contribution is 7.27. The first-order chi connectivity index (χ1) is 24.8. The van der Waals surface area contributed by atoms with Gasteiger partial charge in [0.1, 0.15) is 0 Å².